The van der Waals surface area contributed by atoms with Crippen LogP contribution < -0.4 is 10.0 Å². The lowest BCUT2D eigenvalue weighted by Crippen LogP contribution is -2.31. The Bertz CT molecular complexity index is 790. The molecular weight excluding hydrogens is 340 g/mol. The smallest absolute Gasteiger partial charge is 0.251 e. The second-order valence-electron chi connectivity index (χ2n) is 5.73. The molecule has 1 amide bonds. The maximum Gasteiger partial charge on any atom is 0.251 e. The summed E-state index contributed by atoms with van der Waals surface area (Å²) in [5.74, 6) is -0.282. The van der Waals surface area contributed by atoms with E-state index >= 15 is 0 Å². The molecule has 0 radical (unpaired) electrons. The van der Waals surface area contributed by atoms with Crippen LogP contribution in [0.4, 0.5) is 0 Å². The fourth-order valence-corrected chi connectivity index (χ4v) is 3.07. The van der Waals surface area contributed by atoms with E-state index in [1.807, 2.05) is 31.1 Å². The molecule has 0 aliphatic rings. The van der Waals surface area contributed by atoms with E-state index < -0.39 is 10.0 Å². The Labute approximate surface area is 148 Å². The highest BCUT2D eigenvalue weighted by Crippen LogP contribution is 2.10. The van der Waals surface area contributed by atoms with Gasteiger partial charge in [0.1, 0.15) is 0 Å². The summed E-state index contributed by atoms with van der Waals surface area (Å²) in [5, 5.41) is 2.75. The third kappa shape index (κ3) is 5.93. The van der Waals surface area contributed by atoms with Gasteiger partial charge in [-0.2, -0.15) is 0 Å². The number of sulfonamides is 1. The third-order valence-electron chi connectivity index (χ3n) is 3.43. The number of hydrogen-bond donors (Lipinski definition) is 2. The van der Waals surface area contributed by atoms with Crippen LogP contribution in [0.2, 0.25) is 0 Å². The van der Waals surface area contributed by atoms with Gasteiger partial charge < -0.3 is 10.2 Å². The van der Waals surface area contributed by atoms with Gasteiger partial charge in [0.25, 0.3) is 5.91 Å². The number of hydrogen-bond acceptors (Lipinski definition) is 5. The second-order valence-corrected chi connectivity index (χ2v) is 7.50. The van der Waals surface area contributed by atoms with Crippen molar-refractivity contribution in [2.24, 2.45) is 0 Å². The standard InChI is InChI=1S/C17H22N4O3S/c1-21(2)12-11-20-25(23,24)16-8-6-14(7-9-16)17(22)19-13-15-5-3-4-10-18-15/h3-10,20H,11-13H2,1-2H3,(H,19,22). The Kier molecular flexibility index (Phi) is 6.63. The van der Waals surface area contributed by atoms with Crippen molar-refractivity contribution in [3.63, 3.8) is 0 Å². The minimum absolute atomic E-state index is 0.132. The first-order valence-corrected chi connectivity index (χ1v) is 9.29. The van der Waals surface area contributed by atoms with E-state index in [-0.39, 0.29) is 10.8 Å². The van der Waals surface area contributed by atoms with Gasteiger partial charge in [0.15, 0.2) is 0 Å². The van der Waals surface area contributed by atoms with E-state index in [1.54, 1.807) is 12.3 Å². The summed E-state index contributed by atoms with van der Waals surface area (Å²) in [6, 6.07) is 11.3. The van der Waals surface area contributed by atoms with Crippen molar-refractivity contribution in [1.29, 1.82) is 0 Å². The number of nitrogens with zero attached hydrogens (tertiary/aromatic N) is 2. The molecule has 0 spiro atoms. The Hall–Kier alpha value is -2.29. The van der Waals surface area contributed by atoms with Crippen LogP contribution in [0.15, 0.2) is 53.6 Å². The van der Waals surface area contributed by atoms with Crippen molar-refractivity contribution in [2.45, 2.75) is 11.4 Å². The summed E-state index contributed by atoms with van der Waals surface area (Å²) >= 11 is 0. The van der Waals surface area contributed by atoms with Gasteiger partial charge in [0.2, 0.25) is 10.0 Å². The molecule has 0 unspecified atom stereocenters. The molecule has 1 aromatic heterocycles. The lowest BCUT2D eigenvalue weighted by atomic mass is 10.2. The molecule has 8 heteroatoms. The molecule has 1 aromatic carbocycles. The normalized spacial score (nSPS) is 11.5. The van der Waals surface area contributed by atoms with Crippen LogP contribution in [-0.4, -0.2) is 51.4 Å². The minimum atomic E-state index is -3.57. The monoisotopic (exact) mass is 362 g/mol. The van der Waals surface area contributed by atoms with Crippen LogP contribution in [0.25, 0.3) is 0 Å². The summed E-state index contributed by atoms with van der Waals surface area (Å²) in [6.45, 7) is 1.24. The summed E-state index contributed by atoms with van der Waals surface area (Å²) in [5.41, 5.74) is 1.14. The molecule has 134 valence electrons. The van der Waals surface area contributed by atoms with Crippen LogP contribution in [0.5, 0.6) is 0 Å². The van der Waals surface area contributed by atoms with E-state index in [0.717, 1.165) is 5.69 Å². The lowest BCUT2D eigenvalue weighted by molar-refractivity contribution is 0.0950. The van der Waals surface area contributed by atoms with Crippen LogP contribution in [0, 0.1) is 0 Å². The van der Waals surface area contributed by atoms with E-state index in [0.29, 0.717) is 25.2 Å². The minimum Gasteiger partial charge on any atom is -0.346 e. The molecule has 1 heterocycles. The molecule has 0 aliphatic carbocycles. The predicted molar refractivity (Wildman–Crippen MR) is 95.6 cm³/mol. The number of amides is 1. The summed E-state index contributed by atoms with van der Waals surface area (Å²) in [6.07, 6.45) is 1.66. The van der Waals surface area contributed by atoms with Crippen LogP contribution in [0.3, 0.4) is 0 Å². The summed E-state index contributed by atoms with van der Waals surface area (Å²) in [4.78, 5) is 18.3. The maximum absolute atomic E-state index is 12.2. The molecule has 0 saturated carbocycles. The Morgan fingerprint density at radius 2 is 1.84 bits per heavy atom. The van der Waals surface area contributed by atoms with Gasteiger partial charge in [-0.15, -0.1) is 0 Å². The SMILES string of the molecule is CN(C)CCNS(=O)(=O)c1ccc(C(=O)NCc2ccccn2)cc1. The molecule has 0 bridgehead atoms. The average Bonchev–Trinajstić information content (AvgIpc) is 2.60. The number of carbonyl (C=O) groups excluding carboxylic acids is 1. The molecule has 2 rings (SSSR count). The number of nitrogens with one attached hydrogen (secondary N) is 2. The van der Waals surface area contributed by atoms with Crippen molar-refractivity contribution < 1.29 is 13.2 Å². The molecule has 0 aliphatic heterocycles. The Morgan fingerprint density at radius 3 is 2.44 bits per heavy atom. The molecule has 2 aromatic rings. The first-order chi connectivity index (χ1) is 11.9. The van der Waals surface area contributed by atoms with Gasteiger partial charge in [-0.05, 0) is 50.5 Å². The van der Waals surface area contributed by atoms with Crippen molar-refractivity contribution in [1.82, 2.24) is 19.9 Å². The van der Waals surface area contributed by atoms with Crippen LogP contribution in [0.1, 0.15) is 16.1 Å². The predicted octanol–water partition coefficient (Wildman–Crippen LogP) is 0.852. The second kappa shape index (κ2) is 8.70. The maximum atomic E-state index is 12.2. The fourth-order valence-electron chi connectivity index (χ4n) is 2.05. The number of likely N-dealkylation sites (N-methyl/N-ethyl adjacent to an activating group) is 1. The first-order valence-electron chi connectivity index (χ1n) is 7.81. The lowest BCUT2D eigenvalue weighted by Gasteiger charge is -2.11. The fraction of sp³-hybridized carbons (Fsp3) is 0.294. The van der Waals surface area contributed by atoms with Crippen LogP contribution >= 0.6 is 0 Å². The van der Waals surface area contributed by atoms with Gasteiger partial charge in [-0.3, -0.25) is 9.78 Å². The molecule has 0 saturated heterocycles. The molecule has 25 heavy (non-hydrogen) atoms. The van der Waals surface area contributed by atoms with E-state index in [4.69, 9.17) is 0 Å². The quantitative estimate of drug-likeness (QED) is 0.726. The van der Waals surface area contributed by atoms with Gasteiger partial charge in [0, 0.05) is 24.8 Å². The number of aromatic nitrogens is 1. The number of pyridine rings is 1. The number of carbonyl (C=O) groups is 1. The Balaban J connectivity index is 1.95. The number of rotatable bonds is 8. The van der Waals surface area contributed by atoms with E-state index in [1.165, 1.54) is 24.3 Å². The van der Waals surface area contributed by atoms with Crippen molar-refractivity contribution in [3.8, 4) is 0 Å². The molecule has 2 N–H and O–H groups in total. The summed E-state index contributed by atoms with van der Waals surface area (Å²) in [7, 11) is 0.163. The average molecular weight is 362 g/mol. The van der Waals surface area contributed by atoms with Crippen molar-refractivity contribution in [3.05, 3.63) is 59.9 Å². The molecule has 0 atom stereocenters. The zero-order valence-corrected chi connectivity index (χ0v) is 15.1. The van der Waals surface area contributed by atoms with Crippen molar-refractivity contribution in [2.75, 3.05) is 27.2 Å². The van der Waals surface area contributed by atoms with Gasteiger partial charge in [0.05, 0.1) is 17.1 Å². The van der Waals surface area contributed by atoms with Gasteiger partial charge in [-0.25, -0.2) is 13.1 Å². The van der Waals surface area contributed by atoms with Crippen molar-refractivity contribution >= 4 is 15.9 Å². The van der Waals surface area contributed by atoms with E-state index in [2.05, 4.69) is 15.0 Å². The number of benzene rings is 1. The van der Waals surface area contributed by atoms with Gasteiger partial charge >= 0.3 is 0 Å². The molecular formula is C17H22N4O3S. The van der Waals surface area contributed by atoms with Crippen LogP contribution in [-0.2, 0) is 16.6 Å². The highest BCUT2D eigenvalue weighted by atomic mass is 32.2. The Morgan fingerprint density at radius 1 is 1.12 bits per heavy atom. The van der Waals surface area contributed by atoms with E-state index in [9.17, 15) is 13.2 Å². The third-order valence-corrected chi connectivity index (χ3v) is 4.91. The first kappa shape index (κ1) is 19.0. The molecule has 7 nitrogen and oxygen atoms in total. The summed E-state index contributed by atoms with van der Waals surface area (Å²) < 4.78 is 26.9. The highest BCUT2D eigenvalue weighted by Gasteiger charge is 2.14. The topological polar surface area (TPSA) is 91.4 Å². The molecule has 0 fully saturated rings. The van der Waals surface area contributed by atoms with Gasteiger partial charge in [-0.1, -0.05) is 6.07 Å². The zero-order chi connectivity index (χ0) is 18.3. The largest absolute Gasteiger partial charge is 0.346 e. The highest BCUT2D eigenvalue weighted by molar-refractivity contribution is 7.89. The zero-order valence-electron chi connectivity index (χ0n) is 14.3.